The highest BCUT2D eigenvalue weighted by atomic mass is 16.5. The number of morpholine rings is 1. The third kappa shape index (κ3) is 4.80. The maximum atomic E-state index is 5.92. The minimum atomic E-state index is 0.294. The number of hydrogen-bond donors (Lipinski definition) is 0. The van der Waals surface area contributed by atoms with Crippen molar-refractivity contribution in [3.05, 3.63) is 17.0 Å². The minimum Gasteiger partial charge on any atom is -0.374 e. The monoisotopic (exact) mass is 295 g/mol. The van der Waals surface area contributed by atoms with E-state index in [2.05, 4.69) is 35.9 Å². The van der Waals surface area contributed by atoms with Crippen LogP contribution >= 0.6 is 0 Å². The smallest absolute Gasteiger partial charge is 0.138 e. The van der Waals surface area contributed by atoms with Gasteiger partial charge in [-0.1, -0.05) is 19.0 Å². The SMILES string of the molecule is Cc1noc(C)c1CN(C)C[C@H]1CN(CC(C)C)CCO1. The van der Waals surface area contributed by atoms with Crippen molar-refractivity contribution >= 4 is 0 Å². The summed E-state index contributed by atoms with van der Waals surface area (Å²) in [5, 5.41) is 4.02. The van der Waals surface area contributed by atoms with Gasteiger partial charge in [0, 0.05) is 38.3 Å². The van der Waals surface area contributed by atoms with E-state index >= 15 is 0 Å². The Balaban J connectivity index is 1.83. The third-order valence-electron chi connectivity index (χ3n) is 3.97. The van der Waals surface area contributed by atoms with Gasteiger partial charge in [-0.2, -0.15) is 0 Å². The van der Waals surface area contributed by atoms with Crippen molar-refractivity contribution in [1.82, 2.24) is 15.0 Å². The summed E-state index contributed by atoms with van der Waals surface area (Å²) in [6, 6.07) is 0. The number of aromatic nitrogens is 1. The predicted octanol–water partition coefficient (Wildman–Crippen LogP) is 2.08. The summed E-state index contributed by atoms with van der Waals surface area (Å²) in [5.41, 5.74) is 2.19. The first-order valence-corrected chi connectivity index (χ1v) is 7.90. The Morgan fingerprint density at radius 3 is 2.76 bits per heavy atom. The standard InChI is InChI=1S/C16H29N3O2/c1-12(2)8-19-6-7-20-15(10-19)9-18(5)11-16-13(3)17-21-14(16)4/h12,15H,6-11H2,1-5H3/t15-/m0/s1. The Morgan fingerprint density at radius 1 is 1.38 bits per heavy atom. The Morgan fingerprint density at radius 2 is 2.14 bits per heavy atom. The number of ether oxygens (including phenoxy) is 1. The van der Waals surface area contributed by atoms with E-state index in [-0.39, 0.29) is 0 Å². The Hall–Kier alpha value is -0.910. The van der Waals surface area contributed by atoms with Crippen molar-refractivity contribution in [3.8, 4) is 0 Å². The molecular weight excluding hydrogens is 266 g/mol. The number of nitrogens with zero attached hydrogens (tertiary/aromatic N) is 3. The molecular formula is C16H29N3O2. The van der Waals surface area contributed by atoms with Crippen LogP contribution in [0.2, 0.25) is 0 Å². The minimum absolute atomic E-state index is 0.294. The zero-order chi connectivity index (χ0) is 15.4. The lowest BCUT2D eigenvalue weighted by Crippen LogP contribution is -2.47. The molecule has 1 aliphatic rings. The van der Waals surface area contributed by atoms with Gasteiger partial charge in [-0.3, -0.25) is 9.80 Å². The van der Waals surface area contributed by atoms with E-state index in [4.69, 9.17) is 9.26 Å². The van der Waals surface area contributed by atoms with Crippen LogP contribution in [0.15, 0.2) is 4.52 Å². The average molecular weight is 295 g/mol. The maximum absolute atomic E-state index is 5.92. The lowest BCUT2D eigenvalue weighted by molar-refractivity contribution is -0.0441. The summed E-state index contributed by atoms with van der Waals surface area (Å²) in [4.78, 5) is 4.82. The quantitative estimate of drug-likeness (QED) is 0.804. The maximum Gasteiger partial charge on any atom is 0.138 e. The molecule has 1 atom stereocenters. The van der Waals surface area contributed by atoms with E-state index in [0.29, 0.717) is 12.0 Å². The molecule has 0 saturated carbocycles. The van der Waals surface area contributed by atoms with Crippen LogP contribution in [0.4, 0.5) is 0 Å². The normalized spacial score (nSPS) is 20.6. The number of hydrogen-bond acceptors (Lipinski definition) is 5. The largest absolute Gasteiger partial charge is 0.374 e. The highest BCUT2D eigenvalue weighted by Gasteiger charge is 2.22. The first kappa shape index (κ1) is 16.5. The Kier molecular flexibility index (Phi) is 5.79. The van der Waals surface area contributed by atoms with Crippen LogP contribution in [0.1, 0.15) is 30.9 Å². The van der Waals surface area contributed by atoms with Crippen molar-refractivity contribution in [2.24, 2.45) is 5.92 Å². The van der Waals surface area contributed by atoms with Gasteiger partial charge in [0.25, 0.3) is 0 Å². The number of rotatable bonds is 6. The summed E-state index contributed by atoms with van der Waals surface area (Å²) in [6.07, 6.45) is 0.294. The Labute approximate surface area is 128 Å². The van der Waals surface area contributed by atoms with Crippen molar-refractivity contribution in [3.63, 3.8) is 0 Å². The van der Waals surface area contributed by atoms with Crippen LogP contribution < -0.4 is 0 Å². The van der Waals surface area contributed by atoms with Crippen LogP contribution in [0.25, 0.3) is 0 Å². The molecule has 21 heavy (non-hydrogen) atoms. The lowest BCUT2D eigenvalue weighted by atomic mass is 10.1. The molecule has 1 aromatic heterocycles. The molecule has 120 valence electrons. The van der Waals surface area contributed by atoms with Crippen molar-refractivity contribution in [2.75, 3.05) is 39.8 Å². The van der Waals surface area contributed by atoms with E-state index in [1.165, 1.54) is 5.56 Å². The summed E-state index contributed by atoms with van der Waals surface area (Å²) in [5.74, 6) is 1.63. The van der Waals surface area contributed by atoms with Crippen LogP contribution in [0.3, 0.4) is 0 Å². The van der Waals surface area contributed by atoms with Crippen molar-refractivity contribution < 1.29 is 9.26 Å². The van der Waals surface area contributed by atoms with Gasteiger partial charge in [0.15, 0.2) is 0 Å². The van der Waals surface area contributed by atoms with Gasteiger partial charge in [0.2, 0.25) is 0 Å². The molecule has 0 unspecified atom stereocenters. The predicted molar refractivity (Wildman–Crippen MR) is 83.3 cm³/mol. The molecule has 1 saturated heterocycles. The zero-order valence-corrected chi connectivity index (χ0v) is 14.1. The summed E-state index contributed by atoms with van der Waals surface area (Å²) in [7, 11) is 2.14. The third-order valence-corrected chi connectivity index (χ3v) is 3.97. The van der Waals surface area contributed by atoms with Crippen LogP contribution in [-0.4, -0.2) is 60.9 Å². The summed E-state index contributed by atoms with van der Waals surface area (Å²) in [6.45, 7) is 14.4. The van der Waals surface area contributed by atoms with Crippen LogP contribution in [0.5, 0.6) is 0 Å². The molecule has 5 heteroatoms. The fourth-order valence-corrected chi connectivity index (χ4v) is 2.98. The van der Waals surface area contributed by atoms with E-state index in [9.17, 15) is 0 Å². The fraction of sp³-hybridized carbons (Fsp3) is 0.812. The molecule has 1 fully saturated rings. The lowest BCUT2D eigenvalue weighted by Gasteiger charge is -2.35. The van der Waals surface area contributed by atoms with Gasteiger partial charge in [0.05, 0.1) is 18.4 Å². The van der Waals surface area contributed by atoms with Gasteiger partial charge >= 0.3 is 0 Å². The highest BCUT2D eigenvalue weighted by Crippen LogP contribution is 2.15. The summed E-state index contributed by atoms with van der Waals surface area (Å²) < 4.78 is 11.1. The first-order chi connectivity index (χ1) is 9.95. The second-order valence-corrected chi connectivity index (χ2v) is 6.65. The summed E-state index contributed by atoms with van der Waals surface area (Å²) >= 11 is 0. The van der Waals surface area contributed by atoms with Crippen molar-refractivity contribution in [1.29, 1.82) is 0 Å². The van der Waals surface area contributed by atoms with E-state index in [1.54, 1.807) is 0 Å². The number of aryl methyl sites for hydroxylation is 2. The van der Waals surface area contributed by atoms with E-state index < -0.39 is 0 Å². The Bertz CT molecular complexity index is 425. The van der Waals surface area contributed by atoms with Crippen LogP contribution in [0, 0.1) is 19.8 Å². The van der Waals surface area contributed by atoms with Crippen LogP contribution in [-0.2, 0) is 11.3 Å². The molecule has 0 amide bonds. The molecule has 1 aromatic rings. The first-order valence-electron chi connectivity index (χ1n) is 7.90. The molecule has 0 N–H and O–H groups in total. The zero-order valence-electron chi connectivity index (χ0n) is 14.1. The second kappa shape index (κ2) is 7.38. The van der Waals surface area contributed by atoms with Gasteiger partial charge in [0.1, 0.15) is 5.76 Å². The van der Waals surface area contributed by atoms with Crippen molar-refractivity contribution in [2.45, 2.75) is 40.3 Å². The fourth-order valence-electron chi connectivity index (χ4n) is 2.98. The molecule has 2 heterocycles. The van der Waals surface area contributed by atoms with Gasteiger partial charge in [-0.25, -0.2) is 0 Å². The molecule has 0 radical (unpaired) electrons. The van der Waals surface area contributed by atoms with Gasteiger partial charge in [-0.05, 0) is 26.8 Å². The topological polar surface area (TPSA) is 41.7 Å². The second-order valence-electron chi connectivity index (χ2n) is 6.65. The molecule has 1 aliphatic heterocycles. The van der Waals surface area contributed by atoms with E-state index in [0.717, 1.165) is 50.8 Å². The molecule has 0 aromatic carbocycles. The van der Waals surface area contributed by atoms with Gasteiger partial charge < -0.3 is 9.26 Å². The highest BCUT2D eigenvalue weighted by molar-refractivity contribution is 5.20. The molecule has 0 bridgehead atoms. The van der Waals surface area contributed by atoms with E-state index in [1.807, 2.05) is 13.8 Å². The van der Waals surface area contributed by atoms with Gasteiger partial charge in [-0.15, -0.1) is 0 Å². The molecule has 0 aliphatic carbocycles. The molecule has 2 rings (SSSR count). The molecule has 5 nitrogen and oxygen atoms in total. The average Bonchev–Trinajstić information content (AvgIpc) is 2.70. The number of likely N-dealkylation sites (N-methyl/N-ethyl adjacent to an activating group) is 1. The molecule has 0 spiro atoms.